The molecule has 0 saturated carbocycles. The van der Waals surface area contributed by atoms with Crippen LogP contribution in [0.3, 0.4) is 0 Å². The van der Waals surface area contributed by atoms with E-state index in [0.29, 0.717) is 25.3 Å². The fourth-order valence-electron chi connectivity index (χ4n) is 3.80. The van der Waals surface area contributed by atoms with E-state index < -0.39 is 0 Å². The molecule has 0 atom stereocenters. The lowest BCUT2D eigenvalue weighted by Gasteiger charge is -2.29. The van der Waals surface area contributed by atoms with Gasteiger partial charge in [-0.3, -0.25) is 4.79 Å². The van der Waals surface area contributed by atoms with E-state index in [0.717, 1.165) is 48.4 Å². The van der Waals surface area contributed by atoms with Crippen molar-refractivity contribution in [2.24, 2.45) is 4.99 Å². The molecule has 0 bridgehead atoms. The molecule has 0 spiro atoms. The molecule has 1 aliphatic rings. The first-order valence-corrected chi connectivity index (χ1v) is 9.82. The summed E-state index contributed by atoms with van der Waals surface area (Å²) in [6, 6.07) is 18.3. The molecule has 5 heteroatoms. The molecular weight excluding hydrogens is 350 g/mol. The second-order valence-corrected chi connectivity index (χ2v) is 6.93. The standard InChI is InChI=1S/C23H25N3O2/c1-2-22(25-12-14-28-15-13-25)24-23-20(17-27)19-10-6-7-11-21(19)26(23)16-18-8-4-3-5-9-18/h3-11,17H,2,12-16H2,1H3/b24-22+. The number of rotatable bonds is 5. The van der Waals surface area contributed by atoms with Crippen molar-refractivity contribution in [1.29, 1.82) is 0 Å². The highest BCUT2D eigenvalue weighted by Crippen LogP contribution is 2.32. The minimum absolute atomic E-state index is 0.658. The normalized spacial score (nSPS) is 15.2. The van der Waals surface area contributed by atoms with Gasteiger partial charge in [-0.2, -0.15) is 0 Å². The number of carbonyl (C=O) groups is 1. The molecule has 0 radical (unpaired) electrons. The van der Waals surface area contributed by atoms with Crippen LogP contribution in [0.15, 0.2) is 59.6 Å². The minimum Gasteiger partial charge on any atom is -0.378 e. The summed E-state index contributed by atoms with van der Waals surface area (Å²) in [6.07, 6.45) is 1.75. The van der Waals surface area contributed by atoms with Gasteiger partial charge in [0, 0.05) is 31.4 Å². The second-order valence-electron chi connectivity index (χ2n) is 6.93. The van der Waals surface area contributed by atoms with Crippen molar-refractivity contribution in [3.05, 3.63) is 65.7 Å². The molecule has 1 fully saturated rings. The Balaban J connectivity index is 1.86. The molecular formula is C23H25N3O2. The van der Waals surface area contributed by atoms with Crippen molar-refractivity contribution < 1.29 is 9.53 Å². The van der Waals surface area contributed by atoms with E-state index in [2.05, 4.69) is 34.6 Å². The third-order valence-corrected chi connectivity index (χ3v) is 5.21. The first-order valence-electron chi connectivity index (χ1n) is 9.82. The van der Waals surface area contributed by atoms with Crippen LogP contribution < -0.4 is 0 Å². The molecule has 3 aromatic rings. The summed E-state index contributed by atoms with van der Waals surface area (Å²) in [5, 5.41) is 0.949. The number of nitrogens with zero attached hydrogens (tertiary/aromatic N) is 3. The number of fused-ring (bicyclic) bond motifs is 1. The molecule has 4 rings (SSSR count). The summed E-state index contributed by atoms with van der Waals surface area (Å²) >= 11 is 0. The van der Waals surface area contributed by atoms with Crippen LogP contribution in [0.25, 0.3) is 10.9 Å². The number of hydrogen-bond acceptors (Lipinski definition) is 3. The zero-order chi connectivity index (χ0) is 19.3. The number of aromatic nitrogens is 1. The third-order valence-electron chi connectivity index (χ3n) is 5.21. The molecule has 2 heterocycles. The van der Waals surface area contributed by atoms with Crippen LogP contribution in [-0.2, 0) is 11.3 Å². The van der Waals surface area contributed by atoms with E-state index in [-0.39, 0.29) is 0 Å². The molecule has 0 aliphatic carbocycles. The molecule has 1 saturated heterocycles. The Bertz CT molecular complexity index is 986. The van der Waals surface area contributed by atoms with Crippen LogP contribution in [0.1, 0.15) is 29.3 Å². The SMILES string of the molecule is CC/C(=N\c1c(C=O)c2ccccc2n1Cc1ccccc1)N1CCOCC1. The van der Waals surface area contributed by atoms with Gasteiger partial charge in [0.2, 0.25) is 0 Å². The number of hydrogen-bond donors (Lipinski definition) is 0. The summed E-state index contributed by atoms with van der Waals surface area (Å²) in [7, 11) is 0. The number of para-hydroxylation sites is 1. The van der Waals surface area contributed by atoms with E-state index in [4.69, 9.17) is 9.73 Å². The Labute approximate surface area is 165 Å². The smallest absolute Gasteiger partial charge is 0.154 e. The maximum Gasteiger partial charge on any atom is 0.154 e. The largest absolute Gasteiger partial charge is 0.378 e. The van der Waals surface area contributed by atoms with Gasteiger partial charge in [-0.15, -0.1) is 0 Å². The molecule has 2 aromatic carbocycles. The van der Waals surface area contributed by atoms with E-state index in [1.807, 2.05) is 36.4 Å². The van der Waals surface area contributed by atoms with Gasteiger partial charge < -0.3 is 14.2 Å². The number of amidine groups is 1. The average molecular weight is 375 g/mol. The van der Waals surface area contributed by atoms with Crippen molar-refractivity contribution in [2.75, 3.05) is 26.3 Å². The molecule has 5 nitrogen and oxygen atoms in total. The number of aliphatic imine (C=N–C) groups is 1. The van der Waals surface area contributed by atoms with Crippen molar-refractivity contribution in [2.45, 2.75) is 19.9 Å². The Morgan fingerprint density at radius 1 is 1.07 bits per heavy atom. The summed E-state index contributed by atoms with van der Waals surface area (Å²) in [5.74, 6) is 1.74. The Kier molecular flexibility index (Phi) is 5.53. The lowest BCUT2D eigenvalue weighted by Crippen LogP contribution is -2.40. The van der Waals surface area contributed by atoms with Crippen LogP contribution in [-0.4, -0.2) is 47.9 Å². The van der Waals surface area contributed by atoms with Gasteiger partial charge in [-0.1, -0.05) is 55.5 Å². The fourth-order valence-corrected chi connectivity index (χ4v) is 3.80. The summed E-state index contributed by atoms with van der Waals surface area (Å²) in [6.45, 7) is 5.89. The van der Waals surface area contributed by atoms with Crippen molar-refractivity contribution in [1.82, 2.24) is 9.47 Å². The van der Waals surface area contributed by atoms with Crippen molar-refractivity contribution in [3.8, 4) is 0 Å². The maximum atomic E-state index is 12.0. The second kappa shape index (κ2) is 8.40. The van der Waals surface area contributed by atoms with Crippen molar-refractivity contribution in [3.63, 3.8) is 0 Å². The van der Waals surface area contributed by atoms with Gasteiger partial charge in [0.1, 0.15) is 11.7 Å². The molecule has 1 aromatic heterocycles. The molecule has 144 valence electrons. The number of benzene rings is 2. The van der Waals surface area contributed by atoms with E-state index >= 15 is 0 Å². The predicted molar refractivity (Wildman–Crippen MR) is 113 cm³/mol. The zero-order valence-electron chi connectivity index (χ0n) is 16.2. The molecule has 1 aliphatic heterocycles. The van der Waals surface area contributed by atoms with Gasteiger partial charge >= 0.3 is 0 Å². The van der Waals surface area contributed by atoms with Crippen LogP contribution in [0.4, 0.5) is 5.82 Å². The van der Waals surface area contributed by atoms with Crippen LogP contribution in [0.2, 0.25) is 0 Å². The summed E-state index contributed by atoms with van der Waals surface area (Å²) in [4.78, 5) is 19.3. The van der Waals surface area contributed by atoms with Gasteiger partial charge in [0.25, 0.3) is 0 Å². The number of morpholine rings is 1. The fraction of sp³-hybridized carbons (Fsp3) is 0.304. The summed E-state index contributed by atoms with van der Waals surface area (Å²) < 4.78 is 7.64. The van der Waals surface area contributed by atoms with Crippen LogP contribution in [0.5, 0.6) is 0 Å². The number of aldehydes is 1. The monoisotopic (exact) mass is 375 g/mol. The predicted octanol–water partition coefficient (Wildman–Crippen LogP) is 4.27. The highest BCUT2D eigenvalue weighted by atomic mass is 16.5. The zero-order valence-corrected chi connectivity index (χ0v) is 16.2. The Morgan fingerprint density at radius 3 is 2.50 bits per heavy atom. The van der Waals surface area contributed by atoms with E-state index in [1.165, 1.54) is 5.56 Å². The highest BCUT2D eigenvalue weighted by molar-refractivity contribution is 6.04. The Hall–Kier alpha value is -2.92. The Morgan fingerprint density at radius 2 is 1.79 bits per heavy atom. The number of carbonyl (C=O) groups excluding carboxylic acids is 1. The lowest BCUT2D eigenvalue weighted by molar-refractivity contribution is 0.0673. The van der Waals surface area contributed by atoms with Crippen LogP contribution >= 0.6 is 0 Å². The van der Waals surface area contributed by atoms with Gasteiger partial charge in [-0.25, -0.2) is 4.99 Å². The van der Waals surface area contributed by atoms with Gasteiger partial charge in [-0.05, 0) is 11.6 Å². The van der Waals surface area contributed by atoms with E-state index in [1.54, 1.807) is 0 Å². The summed E-state index contributed by atoms with van der Waals surface area (Å²) in [5.41, 5.74) is 2.87. The third kappa shape index (κ3) is 3.58. The van der Waals surface area contributed by atoms with Gasteiger partial charge in [0.15, 0.2) is 6.29 Å². The topological polar surface area (TPSA) is 46.8 Å². The lowest BCUT2D eigenvalue weighted by atomic mass is 10.2. The number of ether oxygens (including phenoxy) is 1. The van der Waals surface area contributed by atoms with Gasteiger partial charge in [0.05, 0.1) is 24.3 Å². The highest BCUT2D eigenvalue weighted by Gasteiger charge is 2.19. The molecule has 28 heavy (non-hydrogen) atoms. The first kappa shape index (κ1) is 18.4. The van der Waals surface area contributed by atoms with E-state index in [9.17, 15) is 4.79 Å². The molecule has 0 N–H and O–H groups in total. The molecule has 0 unspecified atom stereocenters. The van der Waals surface area contributed by atoms with Crippen molar-refractivity contribution >= 4 is 28.8 Å². The molecule has 0 amide bonds. The average Bonchev–Trinajstić information content (AvgIpc) is 3.05. The maximum absolute atomic E-state index is 12.0. The minimum atomic E-state index is 0.658. The quantitative estimate of drug-likeness (QED) is 0.380. The first-order chi connectivity index (χ1) is 13.8. The van der Waals surface area contributed by atoms with Crippen LogP contribution in [0, 0.1) is 0 Å².